The van der Waals surface area contributed by atoms with Crippen LogP contribution in [0.25, 0.3) is 0 Å². The van der Waals surface area contributed by atoms with Crippen LogP contribution in [-0.4, -0.2) is 28.6 Å². The van der Waals surface area contributed by atoms with Crippen LogP contribution < -0.4 is 16.4 Å². The highest BCUT2D eigenvalue weighted by Gasteiger charge is 2.23. The lowest BCUT2D eigenvalue weighted by Gasteiger charge is -2.15. The van der Waals surface area contributed by atoms with Gasteiger partial charge >= 0.3 is 0 Å². The summed E-state index contributed by atoms with van der Waals surface area (Å²) < 4.78 is 15.5. The maximum atomic E-state index is 14.4. The number of hydroxylamine groups is 1. The van der Waals surface area contributed by atoms with Crippen molar-refractivity contribution in [3.63, 3.8) is 0 Å². The van der Waals surface area contributed by atoms with Gasteiger partial charge in [0.25, 0.3) is 11.5 Å². The Morgan fingerprint density at radius 3 is 2.82 bits per heavy atom. The number of amides is 1. The summed E-state index contributed by atoms with van der Waals surface area (Å²) in [5, 5.41) is 6.89. The number of aromatic nitrogens is 2. The number of rotatable bonds is 8. The van der Waals surface area contributed by atoms with E-state index in [2.05, 4.69) is 15.9 Å². The molecule has 0 atom stereocenters. The summed E-state index contributed by atoms with van der Waals surface area (Å²) in [7, 11) is 1.46. The number of nitrogens with one attached hydrogen (secondary N) is 2. The Hall–Kier alpha value is -2.39. The van der Waals surface area contributed by atoms with Crippen molar-refractivity contribution in [2.75, 3.05) is 18.2 Å². The van der Waals surface area contributed by atoms with Crippen LogP contribution in [0.1, 0.15) is 35.3 Å². The molecular formula is C19H23FN4O3S. The molecule has 150 valence electrons. The van der Waals surface area contributed by atoms with Gasteiger partial charge in [-0.3, -0.25) is 14.4 Å². The molecular weight excluding hydrogens is 383 g/mol. The van der Waals surface area contributed by atoms with Gasteiger partial charge in [0.15, 0.2) is 5.69 Å². The number of carbonyl (C=O) groups excluding carboxylic acids is 1. The van der Waals surface area contributed by atoms with Crippen molar-refractivity contribution in [1.29, 1.82) is 0 Å². The molecule has 28 heavy (non-hydrogen) atoms. The minimum atomic E-state index is -0.599. The summed E-state index contributed by atoms with van der Waals surface area (Å²) in [5.41, 5.74) is 2.50. The molecule has 1 aliphatic rings. The molecule has 0 spiro atoms. The first-order valence-corrected chi connectivity index (χ1v) is 10.2. The zero-order valence-corrected chi connectivity index (χ0v) is 16.9. The van der Waals surface area contributed by atoms with Gasteiger partial charge in [-0.05, 0) is 43.7 Å². The first-order chi connectivity index (χ1) is 13.4. The lowest BCUT2D eigenvalue weighted by Crippen LogP contribution is -2.32. The second-order valence-corrected chi connectivity index (χ2v) is 7.64. The molecule has 0 unspecified atom stereocenters. The molecule has 0 bridgehead atoms. The van der Waals surface area contributed by atoms with E-state index in [4.69, 9.17) is 4.84 Å². The smallest absolute Gasteiger partial charge is 0.297 e. The number of hydrogen-bond acceptors (Lipinski definition) is 6. The number of carbonyl (C=O) groups is 1. The molecule has 7 nitrogen and oxygen atoms in total. The second-order valence-electron chi connectivity index (χ2n) is 6.76. The zero-order chi connectivity index (χ0) is 20.3. The zero-order valence-electron chi connectivity index (χ0n) is 16.0. The molecule has 1 fully saturated rings. The molecule has 1 aromatic carbocycles. The van der Waals surface area contributed by atoms with Crippen LogP contribution in [0.5, 0.6) is 0 Å². The van der Waals surface area contributed by atoms with Gasteiger partial charge in [-0.1, -0.05) is 12.8 Å². The van der Waals surface area contributed by atoms with E-state index in [1.165, 1.54) is 37.7 Å². The first-order valence-electron chi connectivity index (χ1n) is 9.01. The van der Waals surface area contributed by atoms with Crippen molar-refractivity contribution in [3.05, 3.63) is 45.6 Å². The van der Waals surface area contributed by atoms with Crippen molar-refractivity contribution < 1.29 is 14.0 Å². The average Bonchev–Trinajstić information content (AvgIpc) is 3.50. The summed E-state index contributed by atoms with van der Waals surface area (Å²) in [6, 6.07) is 4.70. The summed E-state index contributed by atoms with van der Waals surface area (Å²) in [6.07, 6.45) is 5.14. The van der Waals surface area contributed by atoms with Crippen LogP contribution in [-0.2, 0) is 11.9 Å². The maximum Gasteiger partial charge on any atom is 0.297 e. The van der Waals surface area contributed by atoms with E-state index in [1.54, 1.807) is 19.1 Å². The fourth-order valence-electron chi connectivity index (χ4n) is 2.74. The van der Waals surface area contributed by atoms with Gasteiger partial charge in [0.2, 0.25) is 0 Å². The van der Waals surface area contributed by atoms with Gasteiger partial charge in [-0.15, -0.1) is 11.8 Å². The van der Waals surface area contributed by atoms with E-state index in [0.29, 0.717) is 12.5 Å². The lowest BCUT2D eigenvalue weighted by molar-refractivity contribution is 0.0285. The van der Waals surface area contributed by atoms with Crippen LogP contribution in [0, 0.1) is 18.7 Å². The van der Waals surface area contributed by atoms with Crippen molar-refractivity contribution in [2.45, 2.75) is 31.1 Å². The highest BCUT2D eigenvalue weighted by molar-refractivity contribution is 7.98. The Labute approximate surface area is 166 Å². The normalized spacial score (nSPS) is 13.4. The molecule has 9 heteroatoms. The monoisotopic (exact) mass is 406 g/mol. The van der Waals surface area contributed by atoms with Gasteiger partial charge in [0, 0.05) is 17.5 Å². The number of hydrogen-bond donors (Lipinski definition) is 2. The molecule has 1 saturated carbocycles. The highest BCUT2D eigenvalue weighted by Crippen LogP contribution is 2.32. The summed E-state index contributed by atoms with van der Waals surface area (Å²) in [5.74, 6) is -0.406. The Bertz CT molecular complexity index is 944. The van der Waals surface area contributed by atoms with Gasteiger partial charge in [0.05, 0.1) is 18.0 Å². The quantitative estimate of drug-likeness (QED) is 0.398. The van der Waals surface area contributed by atoms with Crippen molar-refractivity contribution in [2.24, 2.45) is 13.0 Å². The molecule has 2 aromatic rings. The van der Waals surface area contributed by atoms with E-state index in [1.807, 2.05) is 6.26 Å². The molecule has 1 amide bonds. The molecule has 0 saturated heterocycles. The minimum Gasteiger partial charge on any atom is -0.351 e. The number of aryl methyl sites for hydroxylation is 1. The molecule has 1 aliphatic carbocycles. The number of benzene rings is 1. The van der Waals surface area contributed by atoms with Crippen LogP contribution >= 0.6 is 11.8 Å². The van der Waals surface area contributed by atoms with E-state index < -0.39 is 11.7 Å². The standard InChI is InChI=1S/C19H23FN4O3S/c1-11-16(21-15-7-6-13(28-3)10-14(15)20)17(22-24(2)19(11)26)18(25)23-27-9-8-12-4-5-12/h6-7,10,12,21H,4-5,8-9H2,1-3H3,(H,23,25). The third-order valence-electron chi connectivity index (χ3n) is 4.62. The molecule has 3 rings (SSSR count). The molecule has 1 heterocycles. The summed E-state index contributed by atoms with van der Waals surface area (Å²) in [4.78, 5) is 30.9. The van der Waals surface area contributed by atoms with Crippen molar-refractivity contribution in [1.82, 2.24) is 15.3 Å². The SMILES string of the molecule is CSc1ccc(Nc2c(C(=O)NOCCC3CC3)nn(C)c(=O)c2C)c(F)c1. The third-order valence-corrected chi connectivity index (χ3v) is 5.34. The number of nitrogens with zero attached hydrogens (tertiary/aromatic N) is 2. The Kier molecular flexibility index (Phi) is 6.35. The van der Waals surface area contributed by atoms with Crippen LogP contribution in [0.4, 0.5) is 15.8 Å². The molecule has 0 radical (unpaired) electrons. The van der Waals surface area contributed by atoms with Gasteiger partial charge in [-0.2, -0.15) is 5.10 Å². The fourth-order valence-corrected chi connectivity index (χ4v) is 3.17. The molecule has 0 aliphatic heterocycles. The number of halogens is 1. The lowest BCUT2D eigenvalue weighted by atomic mass is 10.2. The number of anilines is 2. The topological polar surface area (TPSA) is 85.2 Å². The number of thioether (sulfide) groups is 1. The van der Waals surface area contributed by atoms with E-state index in [0.717, 1.165) is 16.0 Å². The van der Waals surface area contributed by atoms with E-state index in [9.17, 15) is 14.0 Å². The Balaban J connectivity index is 1.84. The van der Waals surface area contributed by atoms with Crippen LogP contribution in [0.2, 0.25) is 0 Å². The largest absolute Gasteiger partial charge is 0.351 e. The van der Waals surface area contributed by atoms with E-state index in [-0.39, 0.29) is 28.2 Å². The maximum absolute atomic E-state index is 14.4. The fraction of sp³-hybridized carbons (Fsp3) is 0.421. The van der Waals surface area contributed by atoms with Crippen LogP contribution in [0.15, 0.2) is 27.9 Å². The Morgan fingerprint density at radius 2 is 2.18 bits per heavy atom. The van der Waals surface area contributed by atoms with Crippen molar-refractivity contribution in [3.8, 4) is 0 Å². The average molecular weight is 406 g/mol. The predicted octanol–water partition coefficient (Wildman–Crippen LogP) is 3.15. The Morgan fingerprint density at radius 1 is 1.43 bits per heavy atom. The van der Waals surface area contributed by atoms with Crippen LogP contribution in [0.3, 0.4) is 0 Å². The van der Waals surface area contributed by atoms with Crippen molar-refractivity contribution >= 4 is 29.0 Å². The third kappa shape index (κ3) is 4.71. The van der Waals surface area contributed by atoms with Gasteiger partial charge in [0.1, 0.15) is 5.82 Å². The van der Waals surface area contributed by atoms with E-state index >= 15 is 0 Å². The summed E-state index contributed by atoms with van der Waals surface area (Å²) >= 11 is 1.42. The summed E-state index contributed by atoms with van der Waals surface area (Å²) in [6.45, 7) is 1.97. The first kappa shape index (κ1) is 20.3. The molecule has 1 aromatic heterocycles. The second kappa shape index (κ2) is 8.74. The van der Waals surface area contributed by atoms with Gasteiger partial charge in [-0.25, -0.2) is 14.6 Å². The molecule has 2 N–H and O–H groups in total. The predicted molar refractivity (Wildman–Crippen MR) is 106 cm³/mol. The minimum absolute atomic E-state index is 0.0423. The van der Waals surface area contributed by atoms with Gasteiger partial charge < -0.3 is 5.32 Å². The highest BCUT2D eigenvalue weighted by atomic mass is 32.2.